The Bertz CT molecular complexity index is 655. The highest BCUT2D eigenvalue weighted by atomic mass is 19.1. The first kappa shape index (κ1) is 17.1. The number of rotatable bonds is 7. The van der Waals surface area contributed by atoms with Gasteiger partial charge in [0.2, 0.25) is 5.95 Å². The molecule has 0 aliphatic rings. The quantitative estimate of drug-likeness (QED) is 0.819. The minimum Gasteiger partial charge on any atom is -0.356 e. The average molecular weight is 320 g/mol. The van der Waals surface area contributed by atoms with E-state index in [0.717, 1.165) is 43.5 Å². The molecule has 1 aromatic heterocycles. The molecule has 0 unspecified atom stereocenters. The number of aryl methyl sites for hydroxylation is 1. The van der Waals surface area contributed by atoms with Gasteiger partial charge in [-0.05, 0) is 31.9 Å². The first-order valence-electron chi connectivity index (χ1n) is 7.86. The van der Waals surface area contributed by atoms with Crippen LogP contribution in [-0.4, -0.2) is 23.1 Å². The van der Waals surface area contributed by atoms with E-state index in [-0.39, 0.29) is 5.69 Å². The van der Waals surface area contributed by atoms with Crippen LogP contribution in [0.2, 0.25) is 0 Å². The molecule has 0 fully saturated rings. The van der Waals surface area contributed by atoms with Crippen LogP contribution in [0.1, 0.15) is 32.4 Å². The van der Waals surface area contributed by atoms with Gasteiger partial charge in [0.15, 0.2) is 0 Å². The van der Waals surface area contributed by atoms with Gasteiger partial charge >= 0.3 is 0 Å². The van der Waals surface area contributed by atoms with Crippen molar-refractivity contribution in [2.45, 2.75) is 33.6 Å². The second-order valence-electron chi connectivity index (χ2n) is 5.43. The summed E-state index contributed by atoms with van der Waals surface area (Å²) < 4.78 is 26.8. The molecule has 1 aromatic carbocycles. The maximum atomic E-state index is 13.8. The molecule has 0 atom stereocenters. The lowest BCUT2D eigenvalue weighted by Crippen LogP contribution is -2.26. The Labute approximate surface area is 135 Å². The number of halogens is 2. The van der Waals surface area contributed by atoms with E-state index in [9.17, 15) is 8.78 Å². The largest absolute Gasteiger partial charge is 0.356 e. The van der Waals surface area contributed by atoms with Gasteiger partial charge in [-0.2, -0.15) is 4.98 Å². The normalized spacial score (nSPS) is 10.7. The molecule has 23 heavy (non-hydrogen) atoms. The van der Waals surface area contributed by atoms with Gasteiger partial charge in [-0.15, -0.1) is 0 Å². The summed E-state index contributed by atoms with van der Waals surface area (Å²) in [6.45, 7) is 7.89. The predicted molar refractivity (Wildman–Crippen MR) is 89.2 cm³/mol. The standard InChI is InChI=1S/C17H22F2N4/c1-4-8-23(9-5-2)16-10-12(3)20-17(22-16)21-15-7-6-13(18)11-14(15)19/h6-7,10-11H,4-5,8-9H2,1-3H3,(H,20,21,22). The Kier molecular flexibility index (Phi) is 5.84. The van der Waals surface area contributed by atoms with E-state index >= 15 is 0 Å². The monoisotopic (exact) mass is 320 g/mol. The molecular weight excluding hydrogens is 298 g/mol. The summed E-state index contributed by atoms with van der Waals surface area (Å²) in [5.41, 5.74) is 0.942. The first-order valence-corrected chi connectivity index (χ1v) is 7.86. The van der Waals surface area contributed by atoms with Crippen LogP contribution in [0, 0.1) is 18.6 Å². The van der Waals surface area contributed by atoms with Gasteiger partial charge in [0.05, 0.1) is 5.69 Å². The molecular formula is C17H22F2N4. The van der Waals surface area contributed by atoms with E-state index in [1.165, 1.54) is 12.1 Å². The predicted octanol–water partition coefficient (Wildman–Crippen LogP) is 4.43. The molecule has 0 amide bonds. The molecule has 124 valence electrons. The Hall–Kier alpha value is -2.24. The van der Waals surface area contributed by atoms with Crippen molar-refractivity contribution in [3.8, 4) is 0 Å². The van der Waals surface area contributed by atoms with Gasteiger partial charge in [-0.25, -0.2) is 13.8 Å². The molecule has 0 bridgehead atoms. The fourth-order valence-corrected chi connectivity index (χ4v) is 2.36. The molecule has 0 saturated carbocycles. The lowest BCUT2D eigenvalue weighted by Gasteiger charge is -2.23. The Morgan fingerprint density at radius 2 is 1.74 bits per heavy atom. The van der Waals surface area contributed by atoms with E-state index in [1.54, 1.807) is 0 Å². The summed E-state index contributed by atoms with van der Waals surface area (Å²) in [7, 11) is 0. The molecule has 4 nitrogen and oxygen atoms in total. The van der Waals surface area contributed by atoms with Crippen molar-refractivity contribution in [2.75, 3.05) is 23.3 Å². The second kappa shape index (κ2) is 7.85. The number of nitrogens with zero attached hydrogens (tertiary/aromatic N) is 3. The highest BCUT2D eigenvalue weighted by molar-refractivity contribution is 5.56. The van der Waals surface area contributed by atoms with Gasteiger partial charge in [0.1, 0.15) is 17.5 Å². The van der Waals surface area contributed by atoms with Crippen LogP contribution >= 0.6 is 0 Å². The van der Waals surface area contributed by atoms with Gasteiger partial charge in [-0.3, -0.25) is 0 Å². The van der Waals surface area contributed by atoms with Crippen molar-refractivity contribution in [3.05, 3.63) is 41.6 Å². The molecule has 1 heterocycles. The third kappa shape index (κ3) is 4.61. The Balaban J connectivity index is 2.28. The summed E-state index contributed by atoms with van der Waals surface area (Å²) >= 11 is 0. The Morgan fingerprint density at radius 1 is 1.04 bits per heavy atom. The lowest BCUT2D eigenvalue weighted by molar-refractivity contribution is 0.586. The third-order valence-electron chi connectivity index (χ3n) is 3.33. The van der Waals surface area contributed by atoms with Crippen molar-refractivity contribution in [1.29, 1.82) is 0 Å². The van der Waals surface area contributed by atoms with Crippen LogP contribution in [0.25, 0.3) is 0 Å². The first-order chi connectivity index (χ1) is 11.0. The van der Waals surface area contributed by atoms with E-state index < -0.39 is 11.6 Å². The molecule has 2 aromatic rings. The molecule has 2 rings (SSSR count). The van der Waals surface area contributed by atoms with Gasteiger partial charge < -0.3 is 10.2 Å². The van der Waals surface area contributed by atoms with Crippen molar-refractivity contribution in [1.82, 2.24) is 9.97 Å². The summed E-state index contributed by atoms with van der Waals surface area (Å²) in [6, 6.07) is 5.28. The van der Waals surface area contributed by atoms with Gasteiger partial charge in [-0.1, -0.05) is 13.8 Å². The minimum absolute atomic E-state index is 0.153. The Morgan fingerprint density at radius 3 is 2.35 bits per heavy atom. The zero-order valence-electron chi connectivity index (χ0n) is 13.7. The molecule has 1 N–H and O–H groups in total. The smallest absolute Gasteiger partial charge is 0.229 e. The van der Waals surface area contributed by atoms with Crippen LogP contribution in [-0.2, 0) is 0 Å². The highest BCUT2D eigenvalue weighted by Crippen LogP contribution is 2.21. The summed E-state index contributed by atoms with van der Waals surface area (Å²) in [4.78, 5) is 10.9. The van der Waals surface area contributed by atoms with Gasteiger partial charge in [0, 0.05) is 30.9 Å². The van der Waals surface area contributed by atoms with Crippen molar-refractivity contribution in [3.63, 3.8) is 0 Å². The van der Waals surface area contributed by atoms with Crippen LogP contribution in [0.5, 0.6) is 0 Å². The second-order valence-corrected chi connectivity index (χ2v) is 5.43. The number of nitrogens with one attached hydrogen (secondary N) is 1. The SMILES string of the molecule is CCCN(CCC)c1cc(C)nc(Nc2ccc(F)cc2F)n1. The molecule has 0 aliphatic heterocycles. The zero-order valence-corrected chi connectivity index (χ0v) is 13.7. The number of benzene rings is 1. The van der Waals surface area contributed by atoms with E-state index in [0.29, 0.717) is 5.95 Å². The summed E-state index contributed by atoms with van der Waals surface area (Å²) in [5.74, 6) is -0.166. The maximum Gasteiger partial charge on any atom is 0.229 e. The summed E-state index contributed by atoms with van der Waals surface area (Å²) in [6.07, 6.45) is 2.02. The summed E-state index contributed by atoms with van der Waals surface area (Å²) in [5, 5.41) is 2.83. The molecule has 0 aliphatic carbocycles. The van der Waals surface area contributed by atoms with Crippen molar-refractivity contribution < 1.29 is 8.78 Å². The van der Waals surface area contributed by atoms with E-state index in [1.807, 2.05) is 13.0 Å². The number of hydrogen-bond donors (Lipinski definition) is 1. The number of hydrogen-bond acceptors (Lipinski definition) is 4. The molecule has 0 spiro atoms. The number of anilines is 3. The van der Waals surface area contributed by atoms with Crippen molar-refractivity contribution in [2.24, 2.45) is 0 Å². The van der Waals surface area contributed by atoms with Crippen LogP contribution in [0.3, 0.4) is 0 Å². The van der Waals surface area contributed by atoms with E-state index in [4.69, 9.17) is 0 Å². The minimum atomic E-state index is -0.671. The zero-order chi connectivity index (χ0) is 16.8. The van der Waals surface area contributed by atoms with Crippen LogP contribution < -0.4 is 10.2 Å². The maximum absolute atomic E-state index is 13.8. The molecule has 6 heteroatoms. The molecule has 0 radical (unpaired) electrons. The fourth-order valence-electron chi connectivity index (χ4n) is 2.36. The highest BCUT2D eigenvalue weighted by Gasteiger charge is 2.11. The van der Waals surface area contributed by atoms with E-state index in [2.05, 4.69) is 34.0 Å². The van der Waals surface area contributed by atoms with Crippen LogP contribution in [0.4, 0.5) is 26.2 Å². The fraction of sp³-hybridized carbons (Fsp3) is 0.412. The number of aromatic nitrogens is 2. The van der Waals surface area contributed by atoms with Crippen molar-refractivity contribution >= 4 is 17.5 Å². The topological polar surface area (TPSA) is 41.1 Å². The lowest BCUT2D eigenvalue weighted by atomic mass is 10.3. The average Bonchev–Trinajstić information content (AvgIpc) is 2.49. The molecule has 0 saturated heterocycles. The third-order valence-corrected chi connectivity index (χ3v) is 3.33. The van der Waals surface area contributed by atoms with Gasteiger partial charge in [0.25, 0.3) is 0 Å². The van der Waals surface area contributed by atoms with Crippen LogP contribution in [0.15, 0.2) is 24.3 Å².